The van der Waals surface area contributed by atoms with Crippen molar-refractivity contribution < 1.29 is 4.42 Å². The normalized spacial score (nSPS) is 13.5. The van der Waals surface area contributed by atoms with Crippen LogP contribution in [0.4, 0.5) is 11.4 Å². The number of aromatic nitrogens is 1. The Morgan fingerprint density at radius 1 is 0.643 bits per heavy atom. The average molecular weight is 722 g/mol. The number of hydrogen-bond acceptors (Lipinski definition) is 2. The van der Waals surface area contributed by atoms with Crippen LogP contribution in [0.5, 0.6) is 0 Å². The number of unbranched alkanes of at least 4 members (excludes halogenated alkanes) is 2. The molecular weight excluding hydrogens is 679 g/mol. The Bertz CT molecular complexity index is 3020. The van der Waals surface area contributed by atoms with E-state index in [4.69, 9.17) is 4.42 Å². The fraction of sp³-hybridized carbons (Fsp3) is 0.154. The highest BCUT2D eigenvalue weighted by molar-refractivity contribution is 6.73. The van der Waals surface area contributed by atoms with Crippen LogP contribution in [-0.2, 0) is 11.8 Å². The summed E-state index contributed by atoms with van der Waals surface area (Å²) in [6.45, 7) is 7.00. The van der Waals surface area contributed by atoms with Gasteiger partial charge in [0.25, 0.3) is 0 Å². The molecule has 0 fully saturated rings. The molecule has 11 rings (SSSR count). The third-order valence-electron chi connectivity index (χ3n) is 12.5. The lowest BCUT2D eigenvalue weighted by Crippen LogP contribution is -2.36. The lowest BCUT2D eigenvalue weighted by molar-refractivity contribution is 0.650. The fourth-order valence-corrected chi connectivity index (χ4v) is 9.72. The standard InChI is InChI=1S/C52H42BN2O/c1-4-5-6-15-32-24-27-34(28-25-32)54-44-21-12-8-17-37(44)41-31-40(33-26-29-36-35-16-7-11-20-42(35)52(2,3)43(36)30-33)47-38-18-9-13-22-45(38)55-49-39-19-10-14-23-46(39)56-51(49)53-48(41)50(47)55/h7-14,16-31,54H,4-6,15H2,1-3H3. The van der Waals surface area contributed by atoms with Crippen LogP contribution in [0, 0.1) is 0 Å². The third-order valence-corrected chi connectivity index (χ3v) is 12.5. The molecule has 2 aromatic heterocycles. The van der Waals surface area contributed by atoms with Gasteiger partial charge in [-0.1, -0.05) is 131 Å². The first-order valence-corrected chi connectivity index (χ1v) is 20.2. The summed E-state index contributed by atoms with van der Waals surface area (Å²) in [6, 6.07) is 53.7. The zero-order chi connectivity index (χ0) is 37.5. The lowest BCUT2D eigenvalue weighted by atomic mass is 9.62. The Morgan fingerprint density at radius 2 is 1.38 bits per heavy atom. The highest BCUT2D eigenvalue weighted by Gasteiger charge is 2.36. The Balaban J connectivity index is 1.17. The van der Waals surface area contributed by atoms with Crippen molar-refractivity contribution in [1.29, 1.82) is 0 Å². The third kappa shape index (κ3) is 4.91. The zero-order valence-corrected chi connectivity index (χ0v) is 32.1. The van der Waals surface area contributed by atoms with Gasteiger partial charge in [0, 0.05) is 44.0 Å². The Hall–Kier alpha value is -6.26. The maximum Gasteiger partial charge on any atom is 0.247 e. The summed E-state index contributed by atoms with van der Waals surface area (Å²) in [4.78, 5) is 0. The first-order valence-electron chi connectivity index (χ1n) is 20.2. The minimum atomic E-state index is -0.107. The van der Waals surface area contributed by atoms with Crippen molar-refractivity contribution >= 4 is 62.6 Å². The predicted octanol–water partition coefficient (Wildman–Crippen LogP) is 12.6. The van der Waals surface area contributed by atoms with Gasteiger partial charge in [-0.2, -0.15) is 0 Å². The van der Waals surface area contributed by atoms with E-state index in [9.17, 15) is 0 Å². The van der Waals surface area contributed by atoms with Crippen LogP contribution in [0.15, 0.2) is 150 Å². The molecule has 0 unspecified atom stereocenters. The van der Waals surface area contributed by atoms with Crippen molar-refractivity contribution in [3.8, 4) is 39.1 Å². The molecule has 7 aromatic carbocycles. The van der Waals surface area contributed by atoms with Crippen molar-refractivity contribution in [3.63, 3.8) is 0 Å². The van der Waals surface area contributed by atoms with E-state index in [2.05, 4.69) is 184 Å². The summed E-state index contributed by atoms with van der Waals surface area (Å²) in [6.07, 6.45) is 4.86. The Morgan fingerprint density at radius 3 is 2.23 bits per heavy atom. The zero-order valence-electron chi connectivity index (χ0n) is 32.1. The molecule has 3 heterocycles. The first-order chi connectivity index (χ1) is 27.5. The molecule has 0 saturated heterocycles. The SMILES string of the molecule is CCCCCc1ccc(Nc2ccccc2-c2cc(-c3ccc4c(c3)C(C)(C)c3ccccc3-4)c3c4ccccc4n4c3c2[B]c2oc3ccccc3c2-4)cc1. The average Bonchev–Trinajstić information content (AvgIpc) is 3.85. The number of fused-ring (bicyclic) bond motifs is 10. The van der Waals surface area contributed by atoms with Gasteiger partial charge in [-0.15, -0.1) is 0 Å². The second-order valence-corrected chi connectivity index (χ2v) is 16.2. The number of anilines is 2. The highest BCUT2D eigenvalue weighted by atomic mass is 16.3. The van der Waals surface area contributed by atoms with E-state index in [-0.39, 0.29) is 5.41 Å². The number of aryl methyl sites for hydroxylation is 1. The summed E-state index contributed by atoms with van der Waals surface area (Å²) in [7, 11) is 2.29. The van der Waals surface area contributed by atoms with E-state index in [1.807, 2.05) is 0 Å². The van der Waals surface area contributed by atoms with Crippen LogP contribution in [-0.4, -0.2) is 11.8 Å². The van der Waals surface area contributed by atoms with E-state index >= 15 is 0 Å². The molecule has 1 N–H and O–H groups in total. The van der Waals surface area contributed by atoms with Gasteiger partial charge < -0.3 is 14.3 Å². The van der Waals surface area contributed by atoms with Crippen molar-refractivity contribution in [3.05, 3.63) is 162 Å². The second-order valence-electron chi connectivity index (χ2n) is 16.2. The fourth-order valence-electron chi connectivity index (χ4n) is 9.72. The van der Waals surface area contributed by atoms with Crippen LogP contribution < -0.4 is 16.4 Å². The molecule has 1 aliphatic heterocycles. The number of hydrogen-bond donors (Lipinski definition) is 1. The first kappa shape index (κ1) is 33.1. The molecule has 4 heteroatoms. The van der Waals surface area contributed by atoms with Gasteiger partial charge in [0.1, 0.15) is 5.58 Å². The summed E-state index contributed by atoms with van der Waals surface area (Å²) in [5.41, 5.74) is 20.1. The molecule has 1 radical (unpaired) electrons. The van der Waals surface area contributed by atoms with E-state index in [1.54, 1.807) is 0 Å². The number of nitrogens with one attached hydrogen (secondary N) is 1. The van der Waals surface area contributed by atoms with E-state index < -0.39 is 0 Å². The molecule has 0 amide bonds. The number of para-hydroxylation sites is 3. The molecule has 0 atom stereocenters. The summed E-state index contributed by atoms with van der Waals surface area (Å²) in [5.74, 6) is 0. The predicted molar refractivity (Wildman–Crippen MR) is 237 cm³/mol. The monoisotopic (exact) mass is 721 g/mol. The maximum atomic E-state index is 6.69. The smallest absolute Gasteiger partial charge is 0.247 e. The van der Waals surface area contributed by atoms with Crippen LogP contribution in [0.3, 0.4) is 0 Å². The molecular formula is C52H42BN2O. The van der Waals surface area contributed by atoms with Crippen LogP contribution in [0.25, 0.3) is 71.8 Å². The van der Waals surface area contributed by atoms with E-state index in [0.717, 1.165) is 45.7 Å². The molecule has 0 bridgehead atoms. The maximum absolute atomic E-state index is 6.69. The Labute approximate surface area is 328 Å². The van der Waals surface area contributed by atoms with Gasteiger partial charge in [-0.25, -0.2) is 0 Å². The number of furan rings is 1. The molecule has 3 nitrogen and oxygen atoms in total. The number of benzene rings is 7. The quantitative estimate of drug-likeness (QED) is 0.125. The van der Waals surface area contributed by atoms with Crippen LogP contribution >= 0.6 is 0 Å². The second kappa shape index (κ2) is 12.6. The van der Waals surface area contributed by atoms with Crippen molar-refractivity contribution in [2.45, 2.75) is 51.9 Å². The van der Waals surface area contributed by atoms with Gasteiger partial charge in [0.2, 0.25) is 7.28 Å². The number of rotatable bonds is 8. The molecule has 269 valence electrons. The summed E-state index contributed by atoms with van der Waals surface area (Å²) >= 11 is 0. The summed E-state index contributed by atoms with van der Waals surface area (Å²) in [5, 5.41) is 7.46. The van der Waals surface area contributed by atoms with Crippen molar-refractivity contribution in [1.82, 2.24) is 4.57 Å². The molecule has 0 saturated carbocycles. The van der Waals surface area contributed by atoms with Crippen LogP contribution in [0.1, 0.15) is 56.7 Å². The molecule has 56 heavy (non-hydrogen) atoms. The molecule has 1 aliphatic carbocycles. The molecule has 0 spiro atoms. The largest absolute Gasteiger partial charge is 0.469 e. The van der Waals surface area contributed by atoms with Gasteiger partial charge in [-0.3, -0.25) is 0 Å². The highest BCUT2D eigenvalue weighted by Crippen LogP contribution is 2.51. The van der Waals surface area contributed by atoms with Gasteiger partial charge in [0.15, 0.2) is 0 Å². The van der Waals surface area contributed by atoms with Crippen LogP contribution in [0.2, 0.25) is 0 Å². The van der Waals surface area contributed by atoms with Crippen molar-refractivity contribution in [2.75, 3.05) is 5.32 Å². The Kier molecular flexibility index (Phi) is 7.48. The lowest BCUT2D eigenvalue weighted by Gasteiger charge is -2.24. The molecule has 9 aromatic rings. The van der Waals surface area contributed by atoms with E-state index in [0.29, 0.717) is 0 Å². The summed E-state index contributed by atoms with van der Waals surface area (Å²) < 4.78 is 9.17. The molecule has 2 aliphatic rings. The minimum Gasteiger partial charge on any atom is -0.469 e. The van der Waals surface area contributed by atoms with Gasteiger partial charge in [0.05, 0.1) is 16.9 Å². The number of nitrogens with zero attached hydrogens (tertiary/aromatic N) is 1. The topological polar surface area (TPSA) is 30.1 Å². The van der Waals surface area contributed by atoms with Crippen molar-refractivity contribution in [2.24, 2.45) is 0 Å². The minimum absolute atomic E-state index is 0.107. The van der Waals surface area contributed by atoms with E-state index in [1.165, 1.54) is 91.0 Å². The van der Waals surface area contributed by atoms with Gasteiger partial charge >= 0.3 is 0 Å². The van der Waals surface area contributed by atoms with Gasteiger partial charge in [-0.05, 0) is 111 Å².